The quantitative estimate of drug-likeness (QED) is 0.652. The minimum Gasteiger partial charge on any atom is -0.464 e. The van der Waals surface area contributed by atoms with Crippen molar-refractivity contribution < 1.29 is 18.8 Å². The predicted octanol–water partition coefficient (Wildman–Crippen LogP) is 3.94. The van der Waals surface area contributed by atoms with E-state index in [9.17, 15) is 9.59 Å². The van der Waals surface area contributed by atoms with Gasteiger partial charge in [-0.05, 0) is 11.6 Å². The number of hydrogen-bond donors (Lipinski definition) is 1. The maximum Gasteiger partial charge on any atom is 0.317 e. The molecule has 0 fully saturated rings. The zero-order valence-electron chi connectivity index (χ0n) is 17.3. The number of esters is 1. The standard InChI is InChI=1S/C21H28ClN3O4/c1-21(2,3)18-13-16(24-29-18)9-10-19(26)28-12-11-25(4)20(27)23-14-15-7-5-6-8-17(15)22/h5-8,13H,9-12,14H2,1-4H3,(H,23,27). The third-order valence-corrected chi connectivity index (χ3v) is 4.68. The maximum atomic E-state index is 12.1. The highest BCUT2D eigenvalue weighted by Gasteiger charge is 2.20. The first-order chi connectivity index (χ1) is 13.7. The lowest BCUT2D eigenvalue weighted by molar-refractivity contribution is -0.143. The minimum absolute atomic E-state index is 0.122. The Morgan fingerprint density at radius 3 is 2.66 bits per heavy atom. The number of carbonyl (C=O) groups is 2. The van der Waals surface area contributed by atoms with E-state index in [4.69, 9.17) is 20.9 Å². The summed E-state index contributed by atoms with van der Waals surface area (Å²) in [6, 6.07) is 8.92. The summed E-state index contributed by atoms with van der Waals surface area (Å²) < 4.78 is 10.5. The molecule has 2 amide bonds. The second kappa shape index (κ2) is 10.3. The van der Waals surface area contributed by atoms with E-state index in [0.717, 1.165) is 17.0 Å². The van der Waals surface area contributed by atoms with Crippen molar-refractivity contribution in [2.24, 2.45) is 0 Å². The first-order valence-corrected chi connectivity index (χ1v) is 9.88. The van der Waals surface area contributed by atoms with Crippen LogP contribution in [0.25, 0.3) is 0 Å². The van der Waals surface area contributed by atoms with Gasteiger partial charge in [0.25, 0.3) is 0 Å². The number of aryl methyl sites for hydroxylation is 1. The van der Waals surface area contributed by atoms with Crippen LogP contribution in [-0.2, 0) is 27.9 Å². The third kappa shape index (κ3) is 7.42. The summed E-state index contributed by atoms with van der Waals surface area (Å²) >= 11 is 6.07. The summed E-state index contributed by atoms with van der Waals surface area (Å²) in [5, 5.41) is 7.37. The molecule has 1 heterocycles. The Morgan fingerprint density at radius 2 is 2.00 bits per heavy atom. The Balaban J connectivity index is 1.65. The Morgan fingerprint density at radius 1 is 1.28 bits per heavy atom. The number of rotatable bonds is 8. The van der Waals surface area contributed by atoms with Crippen LogP contribution in [0.1, 0.15) is 44.2 Å². The van der Waals surface area contributed by atoms with Crippen LogP contribution in [0.5, 0.6) is 0 Å². The lowest BCUT2D eigenvalue weighted by Gasteiger charge is -2.18. The van der Waals surface area contributed by atoms with Crippen LogP contribution in [0.15, 0.2) is 34.9 Å². The number of carbonyl (C=O) groups excluding carboxylic acids is 2. The molecule has 1 aromatic carbocycles. The van der Waals surface area contributed by atoms with Crippen LogP contribution in [0.2, 0.25) is 5.02 Å². The number of halogens is 1. The van der Waals surface area contributed by atoms with Gasteiger partial charge in [-0.2, -0.15) is 0 Å². The van der Waals surface area contributed by atoms with Crippen LogP contribution >= 0.6 is 11.6 Å². The van der Waals surface area contributed by atoms with Gasteiger partial charge in [0.1, 0.15) is 12.4 Å². The van der Waals surface area contributed by atoms with Crippen LogP contribution in [0, 0.1) is 0 Å². The Hall–Kier alpha value is -2.54. The number of hydrogen-bond acceptors (Lipinski definition) is 5. The van der Waals surface area contributed by atoms with Gasteiger partial charge in [-0.25, -0.2) is 4.79 Å². The molecule has 0 saturated carbocycles. The Labute approximate surface area is 176 Å². The van der Waals surface area contributed by atoms with Crippen molar-refractivity contribution in [2.75, 3.05) is 20.2 Å². The zero-order valence-corrected chi connectivity index (χ0v) is 18.1. The minimum atomic E-state index is -0.338. The molecule has 1 N–H and O–H groups in total. The van der Waals surface area contributed by atoms with E-state index in [1.54, 1.807) is 13.1 Å². The van der Waals surface area contributed by atoms with Crippen molar-refractivity contribution in [3.63, 3.8) is 0 Å². The van der Waals surface area contributed by atoms with Crippen molar-refractivity contribution in [1.29, 1.82) is 0 Å². The van der Waals surface area contributed by atoms with Gasteiger partial charge in [-0.3, -0.25) is 4.79 Å². The fourth-order valence-electron chi connectivity index (χ4n) is 2.43. The van der Waals surface area contributed by atoms with Crippen LogP contribution in [-0.4, -0.2) is 42.3 Å². The molecule has 0 spiro atoms. The lowest BCUT2D eigenvalue weighted by Crippen LogP contribution is -2.38. The number of amides is 2. The summed E-state index contributed by atoms with van der Waals surface area (Å²) in [5.74, 6) is 0.445. The molecule has 0 bridgehead atoms. The normalized spacial score (nSPS) is 11.2. The van der Waals surface area contributed by atoms with E-state index in [1.807, 2.05) is 45.0 Å². The van der Waals surface area contributed by atoms with Crippen molar-refractivity contribution in [1.82, 2.24) is 15.4 Å². The fraction of sp³-hybridized carbons (Fsp3) is 0.476. The molecule has 8 heteroatoms. The van der Waals surface area contributed by atoms with E-state index in [-0.39, 0.29) is 37.0 Å². The molecule has 0 atom stereocenters. The first kappa shape index (κ1) is 22.7. The van der Waals surface area contributed by atoms with Crippen LogP contribution < -0.4 is 5.32 Å². The van der Waals surface area contributed by atoms with Gasteiger partial charge >= 0.3 is 12.0 Å². The fourth-order valence-corrected chi connectivity index (χ4v) is 2.63. The Bertz CT molecular complexity index is 829. The number of ether oxygens (including phenoxy) is 1. The molecule has 1 aromatic heterocycles. The molecule has 0 aliphatic heterocycles. The molecule has 2 aromatic rings. The third-order valence-electron chi connectivity index (χ3n) is 4.31. The molecule has 0 aliphatic rings. The molecule has 2 rings (SSSR count). The number of nitrogens with one attached hydrogen (secondary N) is 1. The Kier molecular flexibility index (Phi) is 8.08. The number of benzene rings is 1. The molecule has 29 heavy (non-hydrogen) atoms. The molecule has 0 saturated heterocycles. The van der Waals surface area contributed by atoms with E-state index in [2.05, 4.69) is 10.5 Å². The molecular formula is C21H28ClN3O4. The lowest BCUT2D eigenvalue weighted by atomic mass is 9.93. The molecule has 158 valence electrons. The molecule has 0 aliphatic carbocycles. The largest absolute Gasteiger partial charge is 0.464 e. The van der Waals surface area contributed by atoms with Gasteiger partial charge in [-0.15, -0.1) is 0 Å². The second-order valence-electron chi connectivity index (χ2n) is 7.82. The molecule has 7 nitrogen and oxygen atoms in total. The van der Waals surface area contributed by atoms with Crippen molar-refractivity contribution in [3.05, 3.63) is 52.4 Å². The molecular weight excluding hydrogens is 394 g/mol. The summed E-state index contributed by atoms with van der Waals surface area (Å²) in [4.78, 5) is 25.5. The van der Waals surface area contributed by atoms with Gasteiger partial charge in [0, 0.05) is 36.5 Å². The van der Waals surface area contributed by atoms with Gasteiger partial charge in [-0.1, -0.05) is 55.7 Å². The smallest absolute Gasteiger partial charge is 0.317 e. The monoisotopic (exact) mass is 421 g/mol. The summed E-state index contributed by atoms with van der Waals surface area (Å²) in [5.41, 5.74) is 1.44. The maximum absolute atomic E-state index is 12.1. The van der Waals surface area contributed by atoms with Gasteiger partial charge in [0.2, 0.25) is 0 Å². The second-order valence-corrected chi connectivity index (χ2v) is 8.23. The predicted molar refractivity (Wildman–Crippen MR) is 111 cm³/mol. The van der Waals surface area contributed by atoms with Crippen LogP contribution in [0.3, 0.4) is 0 Å². The van der Waals surface area contributed by atoms with E-state index in [0.29, 0.717) is 18.0 Å². The highest BCUT2D eigenvalue weighted by Crippen LogP contribution is 2.23. The number of likely N-dealkylation sites (N-methyl/N-ethyl adjacent to an activating group) is 1. The number of nitrogens with zero attached hydrogens (tertiary/aromatic N) is 2. The van der Waals surface area contributed by atoms with Crippen molar-refractivity contribution in [2.45, 2.75) is 45.6 Å². The van der Waals surface area contributed by atoms with Crippen molar-refractivity contribution in [3.8, 4) is 0 Å². The van der Waals surface area contributed by atoms with E-state index in [1.165, 1.54) is 4.90 Å². The number of aromatic nitrogens is 1. The highest BCUT2D eigenvalue weighted by atomic mass is 35.5. The average molecular weight is 422 g/mol. The van der Waals surface area contributed by atoms with Crippen LogP contribution in [0.4, 0.5) is 4.79 Å². The van der Waals surface area contributed by atoms with Gasteiger partial charge in [0.05, 0.1) is 18.7 Å². The molecule has 0 unspecified atom stereocenters. The van der Waals surface area contributed by atoms with Gasteiger partial charge in [0.15, 0.2) is 0 Å². The SMILES string of the molecule is CN(CCOC(=O)CCc1cc(C(C)(C)C)on1)C(=O)NCc1ccccc1Cl. The highest BCUT2D eigenvalue weighted by molar-refractivity contribution is 6.31. The summed E-state index contributed by atoms with van der Waals surface area (Å²) in [6.07, 6.45) is 0.658. The summed E-state index contributed by atoms with van der Waals surface area (Å²) in [7, 11) is 1.64. The molecule has 0 radical (unpaired) electrons. The van der Waals surface area contributed by atoms with E-state index >= 15 is 0 Å². The average Bonchev–Trinajstić information content (AvgIpc) is 3.15. The summed E-state index contributed by atoms with van der Waals surface area (Å²) in [6.45, 7) is 6.85. The van der Waals surface area contributed by atoms with Crippen molar-refractivity contribution >= 4 is 23.6 Å². The van der Waals surface area contributed by atoms with Gasteiger partial charge < -0.3 is 19.5 Å². The zero-order chi connectivity index (χ0) is 21.4. The van der Waals surface area contributed by atoms with E-state index < -0.39 is 0 Å². The topological polar surface area (TPSA) is 84.7 Å². The first-order valence-electron chi connectivity index (χ1n) is 9.51. The number of urea groups is 1.